The van der Waals surface area contributed by atoms with E-state index in [0.29, 0.717) is 29.3 Å². The third-order valence-corrected chi connectivity index (χ3v) is 8.63. The molecule has 3 aromatic rings. The molecular weight excluding hydrogens is 480 g/mol. The normalized spacial score (nSPS) is 31.0. The molecule has 0 saturated carbocycles. The molecular formula is C27H25ClN4O4. The molecule has 4 aliphatic heterocycles. The van der Waals surface area contributed by atoms with Crippen molar-refractivity contribution in [3.05, 3.63) is 64.8 Å². The Hall–Kier alpha value is -3.20. The van der Waals surface area contributed by atoms with Crippen LogP contribution >= 0.6 is 11.6 Å². The molecule has 0 radical (unpaired) electrons. The number of rotatable bonds is 4. The smallest absolute Gasteiger partial charge is 0.250 e. The lowest BCUT2D eigenvalue weighted by Gasteiger charge is -2.30. The van der Waals surface area contributed by atoms with Gasteiger partial charge in [-0.05, 0) is 37.0 Å². The number of likely N-dealkylation sites (tertiary alicyclic amines) is 1. The summed E-state index contributed by atoms with van der Waals surface area (Å²) < 4.78 is 5.74. The number of amides is 3. The van der Waals surface area contributed by atoms with Crippen LogP contribution in [0.25, 0.3) is 10.9 Å². The number of aromatic nitrogens is 1. The van der Waals surface area contributed by atoms with Crippen LogP contribution in [0.1, 0.15) is 24.0 Å². The Bertz CT molecular complexity index is 1430. The van der Waals surface area contributed by atoms with Crippen LogP contribution in [0.3, 0.4) is 0 Å². The highest BCUT2D eigenvalue weighted by molar-refractivity contribution is 6.35. The number of anilines is 1. The van der Waals surface area contributed by atoms with Gasteiger partial charge >= 0.3 is 0 Å². The summed E-state index contributed by atoms with van der Waals surface area (Å²) in [7, 11) is 0. The first kappa shape index (κ1) is 22.0. The minimum Gasteiger partial charge on any atom is -0.376 e. The van der Waals surface area contributed by atoms with Gasteiger partial charge in [-0.25, -0.2) is 0 Å². The zero-order chi connectivity index (χ0) is 24.6. The van der Waals surface area contributed by atoms with Crippen LogP contribution in [0, 0.1) is 11.8 Å². The topological polar surface area (TPSA) is 104 Å². The number of benzene rings is 2. The second kappa shape index (κ2) is 7.90. The summed E-state index contributed by atoms with van der Waals surface area (Å²) in [5, 5.41) is 7.86. The predicted molar refractivity (Wildman–Crippen MR) is 133 cm³/mol. The van der Waals surface area contributed by atoms with E-state index in [1.54, 1.807) is 12.1 Å². The highest BCUT2D eigenvalue weighted by Gasteiger charge is 2.70. The fourth-order valence-corrected chi connectivity index (χ4v) is 6.96. The molecule has 3 N–H and O–H groups in total. The first-order valence-corrected chi connectivity index (χ1v) is 12.8. The zero-order valence-electron chi connectivity index (χ0n) is 19.4. The molecule has 8 nitrogen and oxygen atoms in total. The quantitative estimate of drug-likeness (QED) is 0.474. The fraction of sp³-hybridized carbons (Fsp3) is 0.370. The second-order valence-electron chi connectivity index (χ2n) is 10.2. The van der Waals surface area contributed by atoms with Gasteiger partial charge in [-0.15, -0.1) is 0 Å². The maximum atomic E-state index is 13.9. The summed E-state index contributed by atoms with van der Waals surface area (Å²) in [6, 6.07) is 12.9. The number of hydrogen-bond acceptors (Lipinski definition) is 5. The van der Waals surface area contributed by atoms with Crippen molar-refractivity contribution in [3.8, 4) is 0 Å². The van der Waals surface area contributed by atoms with Crippen molar-refractivity contribution in [1.82, 2.24) is 15.2 Å². The first-order chi connectivity index (χ1) is 17.5. The van der Waals surface area contributed by atoms with Crippen LogP contribution in [0.4, 0.5) is 5.69 Å². The number of nitrogens with zero attached hydrogens (tertiary/aromatic N) is 1. The summed E-state index contributed by atoms with van der Waals surface area (Å²) >= 11 is 6.44. The molecule has 5 heterocycles. The number of nitrogens with one attached hydrogen (secondary N) is 3. The van der Waals surface area contributed by atoms with E-state index in [-0.39, 0.29) is 30.4 Å². The molecule has 0 bridgehead atoms. The van der Waals surface area contributed by atoms with Gasteiger partial charge in [-0.2, -0.15) is 0 Å². The van der Waals surface area contributed by atoms with E-state index >= 15 is 0 Å². The number of carbonyl (C=O) groups is 3. The zero-order valence-corrected chi connectivity index (χ0v) is 20.2. The number of fused-ring (bicyclic) bond motifs is 5. The number of ether oxygens (including phenoxy) is 1. The molecule has 3 saturated heterocycles. The van der Waals surface area contributed by atoms with Crippen molar-refractivity contribution in [2.45, 2.75) is 36.9 Å². The maximum Gasteiger partial charge on any atom is 0.250 e. The first-order valence-electron chi connectivity index (χ1n) is 12.4. The van der Waals surface area contributed by atoms with Crippen LogP contribution in [-0.2, 0) is 31.1 Å². The summed E-state index contributed by atoms with van der Waals surface area (Å²) in [6.07, 6.45) is 4.00. The molecule has 0 aliphatic carbocycles. The predicted octanol–water partition coefficient (Wildman–Crippen LogP) is 2.96. The van der Waals surface area contributed by atoms with E-state index in [4.69, 9.17) is 16.3 Å². The highest BCUT2D eigenvalue weighted by Crippen LogP contribution is 2.54. The fourth-order valence-electron chi connectivity index (χ4n) is 6.74. The molecule has 36 heavy (non-hydrogen) atoms. The summed E-state index contributed by atoms with van der Waals surface area (Å²) in [5.74, 6) is -2.44. The molecule has 1 aromatic heterocycles. The van der Waals surface area contributed by atoms with Gasteiger partial charge in [0.25, 0.3) is 0 Å². The molecule has 7 rings (SSSR count). The van der Waals surface area contributed by atoms with Crippen molar-refractivity contribution in [2.75, 3.05) is 18.5 Å². The van der Waals surface area contributed by atoms with Gasteiger partial charge in [0, 0.05) is 35.3 Å². The lowest BCUT2D eigenvalue weighted by Crippen LogP contribution is -2.54. The largest absolute Gasteiger partial charge is 0.376 e. The molecule has 1 spiro atoms. The van der Waals surface area contributed by atoms with Crippen molar-refractivity contribution in [3.63, 3.8) is 0 Å². The average molecular weight is 505 g/mol. The Morgan fingerprint density at radius 2 is 1.94 bits per heavy atom. The molecule has 5 atom stereocenters. The third kappa shape index (κ3) is 2.92. The Labute approximate surface area is 212 Å². The minimum absolute atomic E-state index is 0.160. The monoisotopic (exact) mass is 504 g/mol. The Balaban J connectivity index is 1.33. The minimum atomic E-state index is -1.36. The van der Waals surface area contributed by atoms with Gasteiger partial charge in [0.2, 0.25) is 17.7 Å². The number of halogens is 1. The van der Waals surface area contributed by atoms with E-state index in [2.05, 4.69) is 15.6 Å². The lowest BCUT2D eigenvalue weighted by molar-refractivity contribution is -0.144. The van der Waals surface area contributed by atoms with E-state index in [9.17, 15) is 14.4 Å². The number of H-pyrrole nitrogens is 1. The van der Waals surface area contributed by atoms with Crippen LogP contribution < -0.4 is 10.6 Å². The second-order valence-corrected chi connectivity index (χ2v) is 10.6. The van der Waals surface area contributed by atoms with E-state index in [0.717, 1.165) is 29.3 Å². The van der Waals surface area contributed by atoms with Crippen LogP contribution in [-0.4, -0.2) is 52.9 Å². The van der Waals surface area contributed by atoms with Crippen LogP contribution in [0.15, 0.2) is 48.7 Å². The third-order valence-electron chi connectivity index (χ3n) is 8.32. The van der Waals surface area contributed by atoms with E-state index < -0.39 is 23.4 Å². The van der Waals surface area contributed by atoms with Gasteiger partial charge in [-0.3, -0.25) is 24.6 Å². The SMILES string of the molecule is O=C1[C@H]2[C@@H](Cc3c[nH]c4ccccc34)N[C@@]3(C(=O)Nc4c(Cl)cccc43)[C@H]2C(=O)N1C[C@H]1CCCO1. The standard InChI is InChI=1S/C27H25ClN4O4/c28-18-8-3-7-17-23(18)30-26(35)27(17)22-21(24(33)32(25(22)34)13-15-5-4-10-36-15)20(31-27)11-14-12-29-19-9-2-1-6-16(14)19/h1-3,6-9,12,15,20-22,29,31H,4-5,10-11,13H2,(H,30,35)/t15-,20-,21+,22-,27-/m1/s1. The molecule has 9 heteroatoms. The maximum absolute atomic E-state index is 13.9. The van der Waals surface area contributed by atoms with Gasteiger partial charge in [0.1, 0.15) is 5.54 Å². The number of imide groups is 1. The number of carbonyl (C=O) groups excluding carboxylic acids is 3. The van der Waals surface area contributed by atoms with Crippen LogP contribution in [0.5, 0.6) is 0 Å². The van der Waals surface area contributed by atoms with Crippen LogP contribution in [0.2, 0.25) is 5.02 Å². The number of hydrogen-bond donors (Lipinski definition) is 3. The Morgan fingerprint density at radius 1 is 1.08 bits per heavy atom. The van der Waals surface area contributed by atoms with E-state index in [1.165, 1.54) is 4.90 Å². The van der Waals surface area contributed by atoms with Crippen molar-refractivity contribution in [2.24, 2.45) is 11.8 Å². The van der Waals surface area contributed by atoms with Gasteiger partial charge in [0.15, 0.2) is 0 Å². The number of aromatic amines is 1. The molecule has 184 valence electrons. The summed E-state index contributed by atoms with van der Waals surface area (Å²) in [4.78, 5) is 46.1. The summed E-state index contributed by atoms with van der Waals surface area (Å²) in [5.41, 5.74) is 1.79. The van der Waals surface area contributed by atoms with Crippen molar-refractivity contribution in [1.29, 1.82) is 0 Å². The molecule has 0 unspecified atom stereocenters. The van der Waals surface area contributed by atoms with Crippen molar-refractivity contribution >= 4 is 45.9 Å². The van der Waals surface area contributed by atoms with Gasteiger partial charge < -0.3 is 15.0 Å². The van der Waals surface area contributed by atoms with E-state index in [1.807, 2.05) is 36.5 Å². The molecule has 4 aliphatic rings. The average Bonchev–Trinajstić information content (AvgIpc) is 3.68. The molecule has 3 fully saturated rings. The molecule has 3 amide bonds. The van der Waals surface area contributed by atoms with Gasteiger partial charge in [0.05, 0.1) is 35.2 Å². The Kier molecular flexibility index (Phi) is 4.83. The lowest BCUT2D eigenvalue weighted by atomic mass is 9.76. The van der Waals surface area contributed by atoms with Crippen molar-refractivity contribution < 1.29 is 19.1 Å². The Morgan fingerprint density at radius 3 is 2.78 bits per heavy atom. The highest BCUT2D eigenvalue weighted by atomic mass is 35.5. The summed E-state index contributed by atoms with van der Waals surface area (Å²) in [6.45, 7) is 0.862. The molecule has 2 aromatic carbocycles. The van der Waals surface area contributed by atoms with Gasteiger partial charge in [-0.1, -0.05) is 41.9 Å². The number of para-hydroxylation sites is 2.